The Morgan fingerprint density at radius 3 is 1.51 bits per heavy atom. The minimum atomic E-state index is -3.03. The molecule has 37 heavy (non-hydrogen) atoms. The zero-order chi connectivity index (χ0) is 25.5. The summed E-state index contributed by atoms with van der Waals surface area (Å²) in [5.41, 5.74) is 4.79. The summed E-state index contributed by atoms with van der Waals surface area (Å²) in [7, 11) is -3.03. The van der Waals surface area contributed by atoms with E-state index in [0.29, 0.717) is 6.42 Å². The van der Waals surface area contributed by atoms with Gasteiger partial charge < -0.3 is 5.32 Å². The lowest BCUT2D eigenvalue weighted by atomic mass is 9.95. The minimum Gasteiger partial charge on any atom is -0.305 e. The van der Waals surface area contributed by atoms with Crippen LogP contribution in [0.2, 0.25) is 0 Å². The highest BCUT2D eigenvalue weighted by Gasteiger charge is 2.36. The third-order valence-corrected chi connectivity index (χ3v) is 8.97. The standard InChI is InChI=1S/C32H34N2O2S/c35-37(36)24-21-30(25-37)34(32(28-17-9-3-10-18-28)29-19-11-4-12-20-29)23-22-33-31(26-13-5-1-6-14-26)27-15-7-2-8-16-27/h1-20,30-33H,21-25H2/t30-/m0/s1. The van der Waals surface area contributed by atoms with Crippen LogP contribution in [0, 0.1) is 0 Å². The predicted molar refractivity (Wildman–Crippen MR) is 151 cm³/mol. The first-order valence-electron chi connectivity index (χ1n) is 13.0. The fourth-order valence-corrected chi connectivity index (χ4v) is 7.20. The molecule has 0 aromatic heterocycles. The Morgan fingerprint density at radius 2 is 1.11 bits per heavy atom. The monoisotopic (exact) mass is 510 g/mol. The van der Waals surface area contributed by atoms with Crippen molar-refractivity contribution in [2.24, 2.45) is 0 Å². The highest BCUT2D eigenvalue weighted by atomic mass is 32.2. The first-order chi connectivity index (χ1) is 18.1. The summed E-state index contributed by atoms with van der Waals surface area (Å²) in [6.45, 7) is 1.45. The minimum absolute atomic E-state index is 0.0191. The van der Waals surface area contributed by atoms with E-state index in [2.05, 4.69) is 107 Å². The van der Waals surface area contributed by atoms with Gasteiger partial charge in [-0.15, -0.1) is 0 Å². The lowest BCUT2D eigenvalue weighted by Gasteiger charge is -2.37. The Morgan fingerprint density at radius 1 is 0.676 bits per heavy atom. The van der Waals surface area contributed by atoms with Crippen LogP contribution in [-0.2, 0) is 9.84 Å². The quantitative estimate of drug-likeness (QED) is 0.300. The molecular weight excluding hydrogens is 476 g/mol. The highest BCUT2D eigenvalue weighted by molar-refractivity contribution is 7.91. The SMILES string of the molecule is O=S1(=O)CC[C@H](N(CCNC(c2ccccc2)c2ccccc2)C(c2ccccc2)c2ccccc2)C1. The summed E-state index contributed by atoms with van der Waals surface area (Å²) in [4.78, 5) is 2.41. The molecule has 1 heterocycles. The lowest BCUT2D eigenvalue weighted by Crippen LogP contribution is -2.44. The number of rotatable bonds is 10. The molecule has 1 N–H and O–H groups in total. The summed E-state index contributed by atoms with van der Waals surface area (Å²) in [5.74, 6) is 0.471. The smallest absolute Gasteiger partial charge is 0.151 e. The summed E-state index contributed by atoms with van der Waals surface area (Å²) >= 11 is 0. The van der Waals surface area contributed by atoms with Gasteiger partial charge in [0.15, 0.2) is 9.84 Å². The van der Waals surface area contributed by atoms with E-state index in [4.69, 9.17) is 0 Å². The second kappa shape index (κ2) is 11.9. The van der Waals surface area contributed by atoms with Gasteiger partial charge in [0.1, 0.15) is 0 Å². The molecule has 4 nitrogen and oxygen atoms in total. The number of hydrogen-bond donors (Lipinski definition) is 1. The molecule has 0 amide bonds. The second-order valence-corrected chi connectivity index (χ2v) is 12.0. The van der Waals surface area contributed by atoms with E-state index in [1.54, 1.807) is 0 Å². The summed E-state index contributed by atoms with van der Waals surface area (Å²) in [6.07, 6.45) is 0.666. The van der Waals surface area contributed by atoms with Crippen molar-refractivity contribution in [2.75, 3.05) is 24.6 Å². The van der Waals surface area contributed by atoms with Gasteiger partial charge in [-0.25, -0.2) is 8.42 Å². The van der Waals surface area contributed by atoms with Gasteiger partial charge in [-0.1, -0.05) is 121 Å². The summed E-state index contributed by atoms with van der Waals surface area (Å²) in [6, 6.07) is 41.9. The van der Waals surface area contributed by atoms with E-state index < -0.39 is 9.84 Å². The molecule has 1 aliphatic rings. The van der Waals surface area contributed by atoms with Crippen molar-refractivity contribution in [2.45, 2.75) is 24.5 Å². The van der Waals surface area contributed by atoms with Crippen molar-refractivity contribution in [3.63, 3.8) is 0 Å². The number of nitrogens with zero attached hydrogens (tertiary/aromatic N) is 1. The zero-order valence-corrected chi connectivity index (χ0v) is 21.8. The van der Waals surface area contributed by atoms with Crippen LogP contribution < -0.4 is 5.32 Å². The molecule has 1 fully saturated rings. The largest absolute Gasteiger partial charge is 0.305 e. The van der Waals surface area contributed by atoms with E-state index in [9.17, 15) is 8.42 Å². The van der Waals surface area contributed by atoms with Crippen molar-refractivity contribution >= 4 is 9.84 Å². The molecule has 0 bridgehead atoms. The zero-order valence-electron chi connectivity index (χ0n) is 21.0. The fraction of sp³-hybridized carbons (Fsp3) is 0.250. The molecule has 0 spiro atoms. The van der Waals surface area contributed by atoms with E-state index in [1.165, 1.54) is 22.3 Å². The Hall–Kier alpha value is -3.25. The Bertz CT molecular complexity index is 1270. The number of sulfone groups is 1. The highest BCUT2D eigenvalue weighted by Crippen LogP contribution is 2.33. The second-order valence-electron chi connectivity index (χ2n) is 9.73. The van der Waals surface area contributed by atoms with E-state index in [0.717, 1.165) is 13.1 Å². The first-order valence-corrected chi connectivity index (χ1v) is 14.8. The number of nitrogens with one attached hydrogen (secondary N) is 1. The molecule has 0 saturated carbocycles. The van der Waals surface area contributed by atoms with E-state index in [-0.39, 0.29) is 29.6 Å². The van der Waals surface area contributed by atoms with Gasteiger partial charge in [0.2, 0.25) is 0 Å². The Kier molecular flexibility index (Phi) is 8.15. The van der Waals surface area contributed by atoms with Gasteiger partial charge in [0.05, 0.1) is 23.6 Å². The third kappa shape index (κ3) is 6.37. The van der Waals surface area contributed by atoms with Crippen LogP contribution >= 0.6 is 0 Å². The van der Waals surface area contributed by atoms with Gasteiger partial charge in [0, 0.05) is 19.1 Å². The van der Waals surface area contributed by atoms with Gasteiger partial charge in [-0.2, -0.15) is 0 Å². The average Bonchev–Trinajstić information content (AvgIpc) is 3.31. The van der Waals surface area contributed by atoms with Crippen LogP contribution in [0.25, 0.3) is 0 Å². The lowest BCUT2D eigenvalue weighted by molar-refractivity contribution is 0.169. The number of benzene rings is 4. The van der Waals surface area contributed by atoms with Crippen molar-refractivity contribution in [1.82, 2.24) is 10.2 Å². The van der Waals surface area contributed by atoms with Gasteiger partial charge in [0.25, 0.3) is 0 Å². The van der Waals surface area contributed by atoms with Crippen LogP contribution in [0.4, 0.5) is 0 Å². The van der Waals surface area contributed by atoms with Crippen LogP contribution in [0.1, 0.15) is 40.8 Å². The van der Waals surface area contributed by atoms with E-state index in [1.807, 2.05) is 24.3 Å². The molecule has 4 aromatic carbocycles. The van der Waals surface area contributed by atoms with Crippen LogP contribution in [0.3, 0.4) is 0 Å². The molecular formula is C32H34N2O2S. The normalized spacial score (nSPS) is 17.0. The van der Waals surface area contributed by atoms with Crippen molar-refractivity contribution in [3.05, 3.63) is 144 Å². The molecule has 190 valence electrons. The summed E-state index contributed by atoms with van der Waals surface area (Å²) in [5, 5.41) is 3.79. The number of hydrogen-bond acceptors (Lipinski definition) is 4. The van der Waals surface area contributed by atoms with Crippen molar-refractivity contribution in [3.8, 4) is 0 Å². The third-order valence-electron chi connectivity index (χ3n) is 7.22. The Balaban J connectivity index is 1.45. The fourth-order valence-electron chi connectivity index (χ4n) is 5.46. The topological polar surface area (TPSA) is 49.4 Å². The molecule has 1 saturated heterocycles. The molecule has 5 rings (SSSR count). The molecule has 0 aliphatic carbocycles. The maximum Gasteiger partial charge on any atom is 0.151 e. The summed E-state index contributed by atoms with van der Waals surface area (Å²) < 4.78 is 25.1. The molecule has 0 unspecified atom stereocenters. The van der Waals surface area contributed by atoms with Crippen molar-refractivity contribution in [1.29, 1.82) is 0 Å². The van der Waals surface area contributed by atoms with Crippen LogP contribution in [0.5, 0.6) is 0 Å². The maximum atomic E-state index is 12.6. The first kappa shape index (κ1) is 25.4. The maximum absolute atomic E-state index is 12.6. The Labute approximate surface area is 220 Å². The predicted octanol–water partition coefficient (Wildman–Crippen LogP) is 5.64. The van der Waals surface area contributed by atoms with Crippen LogP contribution in [0.15, 0.2) is 121 Å². The molecule has 0 radical (unpaired) electrons. The van der Waals surface area contributed by atoms with Gasteiger partial charge in [-0.3, -0.25) is 4.90 Å². The van der Waals surface area contributed by atoms with Crippen molar-refractivity contribution < 1.29 is 8.42 Å². The van der Waals surface area contributed by atoms with Crippen LogP contribution in [-0.4, -0.2) is 44.0 Å². The van der Waals surface area contributed by atoms with Gasteiger partial charge in [-0.05, 0) is 28.7 Å². The molecule has 1 atom stereocenters. The van der Waals surface area contributed by atoms with Gasteiger partial charge >= 0.3 is 0 Å². The average molecular weight is 511 g/mol. The van der Waals surface area contributed by atoms with E-state index >= 15 is 0 Å². The molecule has 1 aliphatic heterocycles. The molecule has 4 aromatic rings. The molecule has 5 heteroatoms.